The summed E-state index contributed by atoms with van der Waals surface area (Å²) in [5.41, 5.74) is -13.5. The van der Waals surface area contributed by atoms with E-state index in [4.69, 9.17) is 0 Å². The molecular formula is C24H20BrF10N3O3. The van der Waals surface area contributed by atoms with E-state index in [1.165, 1.54) is 13.1 Å². The summed E-state index contributed by atoms with van der Waals surface area (Å²) in [6.45, 7) is 4.93. The van der Waals surface area contributed by atoms with Crippen molar-refractivity contribution in [3.8, 4) is 0 Å². The van der Waals surface area contributed by atoms with E-state index in [1.54, 1.807) is 26.1 Å². The Bertz CT molecular complexity index is 1330. The zero-order chi connectivity index (χ0) is 31.9. The largest absolute Gasteiger partial charge is 0.435 e. The van der Waals surface area contributed by atoms with Gasteiger partial charge in [0.15, 0.2) is 0 Å². The van der Waals surface area contributed by atoms with E-state index in [0.717, 1.165) is 23.1 Å². The molecule has 0 aliphatic rings. The molecule has 2 rings (SSSR count). The number of alkyl halides is 10. The summed E-state index contributed by atoms with van der Waals surface area (Å²) in [5.74, 6) is -3.44. The number of hydrogen-bond acceptors (Lipinski definition) is 3. The van der Waals surface area contributed by atoms with Crippen LogP contribution in [0.1, 0.15) is 42.3 Å². The first-order valence-electron chi connectivity index (χ1n) is 11.1. The van der Waals surface area contributed by atoms with Crippen LogP contribution in [-0.2, 0) is 21.4 Å². The maximum absolute atomic E-state index is 14.5. The molecule has 0 aromatic heterocycles. The molecule has 0 saturated carbocycles. The van der Waals surface area contributed by atoms with Crippen LogP contribution in [0.15, 0.2) is 40.9 Å². The highest BCUT2D eigenvalue weighted by atomic mass is 79.9. The highest BCUT2D eigenvalue weighted by molar-refractivity contribution is 9.10. The number of nitrogens with zero attached hydrogens (tertiary/aromatic N) is 1. The van der Waals surface area contributed by atoms with Gasteiger partial charge in [0, 0.05) is 33.9 Å². The minimum Gasteiger partial charge on any atom is -0.333 e. The fourth-order valence-corrected chi connectivity index (χ4v) is 3.77. The van der Waals surface area contributed by atoms with Crippen LogP contribution in [0.5, 0.6) is 0 Å². The number of anilines is 2. The van der Waals surface area contributed by atoms with Gasteiger partial charge >= 0.3 is 36.0 Å². The third kappa shape index (κ3) is 7.11. The summed E-state index contributed by atoms with van der Waals surface area (Å²) < 4.78 is 133. The molecular weight excluding hydrogens is 648 g/mol. The second kappa shape index (κ2) is 11.1. The number of nitrogens with one attached hydrogen (secondary N) is 2. The molecule has 0 radical (unpaired) electrons. The van der Waals surface area contributed by atoms with Crippen molar-refractivity contribution in [1.29, 1.82) is 0 Å². The number of amides is 3. The monoisotopic (exact) mass is 667 g/mol. The molecule has 41 heavy (non-hydrogen) atoms. The summed E-state index contributed by atoms with van der Waals surface area (Å²) in [6, 6.07) is 3.49. The van der Waals surface area contributed by atoms with Crippen molar-refractivity contribution in [1.82, 2.24) is 4.90 Å². The van der Waals surface area contributed by atoms with Gasteiger partial charge < -0.3 is 15.5 Å². The Morgan fingerprint density at radius 2 is 1.34 bits per heavy atom. The number of likely N-dealkylation sites (N-methyl/N-ethyl adjacent to an activating group) is 1. The van der Waals surface area contributed by atoms with E-state index in [-0.39, 0.29) is 11.8 Å². The quantitative estimate of drug-likeness (QED) is 0.267. The van der Waals surface area contributed by atoms with Crippen LogP contribution in [0.2, 0.25) is 0 Å². The smallest absolute Gasteiger partial charge is 0.333 e. The summed E-state index contributed by atoms with van der Waals surface area (Å²) in [5, 5.41) is 3.92. The fourth-order valence-electron chi connectivity index (χ4n) is 3.21. The van der Waals surface area contributed by atoms with Gasteiger partial charge in [-0.25, -0.2) is 4.39 Å². The Kier molecular flexibility index (Phi) is 9.19. The average molecular weight is 668 g/mol. The standard InChI is InChI=1S/C24H20BrF10N3O3/c1-20(2,3)38(4)19(41)18(40)36-13-7-5-6-11(8-13)17(39)37-16-14(22(27,28)29)9-12(10-15(16)25)21(26,23(30,31)32)24(33,34)35/h5-10H,1-4H3,(H,36,40)(H,37,39). The van der Waals surface area contributed by atoms with Crippen molar-refractivity contribution in [3.05, 3.63) is 57.6 Å². The Balaban J connectivity index is 2.49. The minimum atomic E-state index is -6.69. The van der Waals surface area contributed by atoms with Gasteiger partial charge in [-0.1, -0.05) is 6.07 Å². The van der Waals surface area contributed by atoms with Gasteiger partial charge in [0.05, 0.1) is 11.3 Å². The summed E-state index contributed by atoms with van der Waals surface area (Å²) in [6.07, 6.45) is -19.0. The molecule has 0 aliphatic heterocycles. The number of hydrogen-bond donors (Lipinski definition) is 2. The third-order valence-electron chi connectivity index (χ3n) is 5.70. The van der Waals surface area contributed by atoms with Gasteiger partial charge in [-0.2, -0.15) is 39.5 Å². The minimum absolute atomic E-state index is 0.152. The van der Waals surface area contributed by atoms with Gasteiger partial charge in [0.25, 0.3) is 5.91 Å². The van der Waals surface area contributed by atoms with Crippen LogP contribution >= 0.6 is 15.9 Å². The number of carbonyl (C=O) groups excluding carboxylic acids is 3. The molecule has 3 amide bonds. The molecule has 0 heterocycles. The maximum atomic E-state index is 14.5. The Hall–Kier alpha value is -3.37. The van der Waals surface area contributed by atoms with Crippen molar-refractivity contribution in [3.63, 3.8) is 0 Å². The normalized spacial score (nSPS) is 13.0. The lowest BCUT2D eigenvalue weighted by molar-refractivity contribution is -0.348. The number of rotatable bonds is 4. The molecule has 2 aromatic carbocycles. The fraction of sp³-hybridized carbons (Fsp3) is 0.375. The lowest BCUT2D eigenvalue weighted by Gasteiger charge is -2.31. The first-order valence-corrected chi connectivity index (χ1v) is 11.9. The first-order chi connectivity index (χ1) is 18.3. The second-order valence-electron chi connectivity index (χ2n) is 9.56. The van der Waals surface area contributed by atoms with Gasteiger partial charge in [-0.15, -0.1) is 0 Å². The second-order valence-corrected chi connectivity index (χ2v) is 10.4. The highest BCUT2D eigenvalue weighted by Crippen LogP contribution is 2.55. The predicted octanol–water partition coefficient (Wildman–Crippen LogP) is 7.21. The van der Waals surface area contributed by atoms with E-state index < -0.39 is 80.4 Å². The third-order valence-corrected chi connectivity index (χ3v) is 6.33. The van der Waals surface area contributed by atoms with Crippen molar-refractivity contribution in [2.45, 2.75) is 50.5 Å². The Morgan fingerprint density at radius 3 is 1.80 bits per heavy atom. The molecule has 0 spiro atoms. The summed E-state index contributed by atoms with van der Waals surface area (Å²) in [4.78, 5) is 38.5. The van der Waals surface area contributed by atoms with E-state index >= 15 is 0 Å². The van der Waals surface area contributed by atoms with Gasteiger partial charge in [0.2, 0.25) is 0 Å². The number of carbonyl (C=O) groups is 3. The van der Waals surface area contributed by atoms with Gasteiger partial charge in [-0.05, 0) is 67.0 Å². The molecule has 2 N–H and O–H groups in total. The van der Waals surface area contributed by atoms with Crippen LogP contribution in [0.25, 0.3) is 0 Å². The van der Waals surface area contributed by atoms with E-state index in [1.807, 2.05) is 0 Å². The molecule has 6 nitrogen and oxygen atoms in total. The molecule has 17 heteroatoms. The van der Waals surface area contributed by atoms with Crippen LogP contribution in [0, 0.1) is 0 Å². The van der Waals surface area contributed by atoms with E-state index in [9.17, 15) is 58.3 Å². The molecule has 0 saturated heterocycles. The maximum Gasteiger partial charge on any atom is 0.435 e. The zero-order valence-corrected chi connectivity index (χ0v) is 22.9. The zero-order valence-electron chi connectivity index (χ0n) is 21.3. The average Bonchev–Trinajstić information content (AvgIpc) is 2.80. The van der Waals surface area contributed by atoms with Crippen molar-refractivity contribution in [2.75, 3.05) is 17.7 Å². The van der Waals surface area contributed by atoms with Gasteiger partial charge in [-0.3, -0.25) is 14.4 Å². The number of benzene rings is 2. The molecule has 2 aromatic rings. The van der Waals surface area contributed by atoms with Gasteiger partial charge in [0.1, 0.15) is 0 Å². The van der Waals surface area contributed by atoms with Crippen LogP contribution in [-0.4, -0.2) is 47.6 Å². The first kappa shape index (κ1) is 33.8. The summed E-state index contributed by atoms with van der Waals surface area (Å²) in [7, 11) is 1.35. The Morgan fingerprint density at radius 1 is 0.805 bits per heavy atom. The van der Waals surface area contributed by atoms with Crippen molar-refractivity contribution >= 4 is 45.0 Å². The van der Waals surface area contributed by atoms with E-state index in [0.29, 0.717) is 0 Å². The van der Waals surface area contributed by atoms with Crippen LogP contribution in [0.4, 0.5) is 55.3 Å². The van der Waals surface area contributed by atoms with E-state index in [2.05, 4.69) is 21.2 Å². The number of halogens is 11. The molecule has 226 valence electrons. The highest BCUT2D eigenvalue weighted by Gasteiger charge is 2.73. The van der Waals surface area contributed by atoms with Crippen molar-refractivity contribution < 1.29 is 58.3 Å². The molecule has 0 bridgehead atoms. The molecule has 0 fully saturated rings. The summed E-state index contributed by atoms with van der Waals surface area (Å²) >= 11 is 2.39. The lowest BCUT2D eigenvalue weighted by atomic mass is 9.92. The topological polar surface area (TPSA) is 78.5 Å². The lowest BCUT2D eigenvalue weighted by Crippen LogP contribution is -2.50. The molecule has 0 aliphatic carbocycles. The Labute approximate surface area is 234 Å². The SMILES string of the molecule is CN(C(=O)C(=O)Nc1cccc(C(=O)Nc2c(Br)cc(C(F)(C(F)(F)F)C(F)(F)F)cc2C(F)(F)F)c1)C(C)(C)C. The molecule has 0 atom stereocenters. The van der Waals surface area contributed by atoms with Crippen molar-refractivity contribution in [2.24, 2.45) is 0 Å². The van der Waals surface area contributed by atoms with Crippen LogP contribution in [0.3, 0.4) is 0 Å². The molecule has 0 unspecified atom stereocenters. The predicted molar refractivity (Wildman–Crippen MR) is 130 cm³/mol. The van der Waals surface area contributed by atoms with Crippen LogP contribution < -0.4 is 10.6 Å².